The first kappa shape index (κ1) is 20.4. The number of carbonyl (C=O) groups is 1. The molecule has 0 aromatic rings. The quantitative estimate of drug-likeness (QED) is 0.415. The van der Waals surface area contributed by atoms with Crippen LogP contribution in [0.4, 0.5) is 0 Å². The molecule has 0 aliphatic rings. The lowest BCUT2D eigenvalue weighted by Crippen LogP contribution is -2.23. The molecule has 0 aromatic carbocycles. The maximum Gasteiger partial charge on any atom is 0.306 e. The Balaban J connectivity index is 3.17. The fourth-order valence-corrected chi connectivity index (χ4v) is 2.02. The molecule has 0 fully saturated rings. The van der Waals surface area contributed by atoms with E-state index in [0.29, 0.717) is 6.42 Å². The molecule has 0 spiro atoms. The van der Waals surface area contributed by atoms with Crippen LogP contribution in [0.2, 0.25) is 0 Å². The van der Waals surface area contributed by atoms with E-state index in [2.05, 4.69) is 0 Å². The van der Waals surface area contributed by atoms with Crippen LogP contribution >= 0.6 is 0 Å². The van der Waals surface area contributed by atoms with Gasteiger partial charge in [-0.15, -0.1) is 0 Å². The summed E-state index contributed by atoms with van der Waals surface area (Å²) in [7, 11) is 0. The Labute approximate surface area is 130 Å². The first-order valence-electron chi connectivity index (χ1n) is 8.45. The van der Waals surface area contributed by atoms with Crippen LogP contribution in [-0.2, 0) is 14.3 Å². The van der Waals surface area contributed by atoms with Crippen molar-refractivity contribution in [1.82, 2.24) is 0 Å². The molecule has 0 atom stereocenters. The van der Waals surface area contributed by atoms with Gasteiger partial charge in [0.15, 0.2) is 0 Å². The van der Waals surface area contributed by atoms with Crippen molar-refractivity contribution in [3.05, 3.63) is 0 Å². The van der Waals surface area contributed by atoms with Crippen LogP contribution in [0, 0.1) is 0 Å². The summed E-state index contributed by atoms with van der Waals surface area (Å²) in [4.78, 5) is 11.5. The number of ether oxygens (including phenoxy) is 2. The zero-order valence-electron chi connectivity index (χ0n) is 14.3. The van der Waals surface area contributed by atoms with Gasteiger partial charge in [0, 0.05) is 19.6 Å². The molecule has 0 rings (SSSR count). The number of rotatable bonds is 13. The highest BCUT2D eigenvalue weighted by molar-refractivity contribution is 5.69. The van der Waals surface area contributed by atoms with Gasteiger partial charge in [-0.1, -0.05) is 25.7 Å². The van der Waals surface area contributed by atoms with E-state index in [1.165, 1.54) is 19.3 Å². The molecular formula is C17H35NO3. The smallest absolute Gasteiger partial charge is 0.306 e. The highest BCUT2D eigenvalue weighted by Gasteiger charge is 2.15. The minimum atomic E-state index is -0.371. The molecular weight excluding hydrogens is 266 g/mol. The van der Waals surface area contributed by atoms with Crippen LogP contribution in [-0.4, -0.2) is 31.3 Å². The number of unbranched alkanes of at least 4 members (excludes halogenated alkanes) is 6. The summed E-state index contributed by atoms with van der Waals surface area (Å²) in [5.74, 6) is -0.0964. The second-order valence-electron chi connectivity index (χ2n) is 6.57. The summed E-state index contributed by atoms with van der Waals surface area (Å²) in [5, 5.41) is 0. The fraction of sp³-hybridized carbons (Fsp3) is 0.941. The molecule has 2 N–H and O–H groups in total. The van der Waals surface area contributed by atoms with E-state index < -0.39 is 0 Å². The Morgan fingerprint density at radius 2 is 1.38 bits per heavy atom. The molecule has 0 heterocycles. The molecule has 0 unspecified atom stereocenters. The van der Waals surface area contributed by atoms with E-state index in [9.17, 15) is 4.79 Å². The zero-order chi connectivity index (χ0) is 16.0. The van der Waals surface area contributed by atoms with Crippen LogP contribution < -0.4 is 5.73 Å². The minimum absolute atomic E-state index is 0.0964. The molecule has 126 valence electrons. The Morgan fingerprint density at radius 1 is 0.857 bits per heavy atom. The van der Waals surface area contributed by atoms with Gasteiger partial charge < -0.3 is 15.2 Å². The second kappa shape index (κ2) is 13.1. The fourth-order valence-electron chi connectivity index (χ4n) is 2.02. The van der Waals surface area contributed by atoms with Gasteiger partial charge in [0.2, 0.25) is 0 Å². The van der Waals surface area contributed by atoms with Crippen LogP contribution in [0.1, 0.15) is 78.6 Å². The molecule has 0 aliphatic carbocycles. The van der Waals surface area contributed by atoms with Gasteiger partial charge in [-0.3, -0.25) is 4.79 Å². The summed E-state index contributed by atoms with van der Waals surface area (Å²) in [6.45, 7) is 8.16. The number of hydrogen-bond donors (Lipinski definition) is 1. The Morgan fingerprint density at radius 3 is 1.95 bits per heavy atom. The predicted octanol–water partition coefficient (Wildman–Crippen LogP) is 3.81. The maximum absolute atomic E-state index is 11.5. The normalized spacial score (nSPS) is 11.6. The second-order valence-corrected chi connectivity index (χ2v) is 6.57. The van der Waals surface area contributed by atoms with Crippen molar-refractivity contribution in [3.8, 4) is 0 Å². The molecule has 0 bridgehead atoms. The van der Waals surface area contributed by atoms with Gasteiger partial charge in [0.1, 0.15) is 5.60 Å². The van der Waals surface area contributed by atoms with E-state index in [1.807, 2.05) is 20.8 Å². The highest BCUT2D eigenvalue weighted by atomic mass is 16.6. The number of nitrogens with two attached hydrogens (primary N) is 1. The van der Waals surface area contributed by atoms with Gasteiger partial charge in [0.25, 0.3) is 0 Å². The largest absolute Gasteiger partial charge is 0.460 e. The number of esters is 1. The summed E-state index contributed by atoms with van der Waals surface area (Å²) in [6.07, 6.45) is 9.46. The van der Waals surface area contributed by atoms with Gasteiger partial charge in [-0.25, -0.2) is 0 Å². The number of hydrogen-bond acceptors (Lipinski definition) is 4. The third kappa shape index (κ3) is 17.3. The zero-order valence-corrected chi connectivity index (χ0v) is 14.3. The van der Waals surface area contributed by atoms with Crippen molar-refractivity contribution in [2.45, 2.75) is 84.2 Å². The molecule has 0 saturated heterocycles. The van der Waals surface area contributed by atoms with Crippen LogP contribution in [0.15, 0.2) is 0 Å². The van der Waals surface area contributed by atoms with Crippen LogP contribution in [0.25, 0.3) is 0 Å². The summed E-state index contributed by atoms with van der Waals surface area (Å²) < 4.78 is 10.8. The van der Waals surface area contributed by atoms with Crippen molar-refractivity contribution in [1.29, 1.82) is 0 Å². The molecule has 4 heteroatoms. The maximum atomic E-state index is 11.5. The van der Waals surface area contributed by atoms with Crippen molar-refractivity contribution in [2.75, 3.05) is 19.8 Å². The molecule has 0 saturated carbocycles. The average molecular weight is 301 g/mol. The Hall–Kier alpha value is -0.610. The van der Waals surface area contributed by atoms with Gasteiger partial charge in [-0.2, -0.15) is 0 Å². The predicted molar refractivity (Wildman–Crippen MR) is 87.3 cm³/mol. The number of carbonyl (C=O) groups excluding carboxylic acids is 1. The molecule has 0 amide bonds. The van der Waals surface area contributed by atoms with Gasteiger partial charge in [-0.05, 0) is 53.0 Å². The average Bonchev–Trinajstić information content (AvgIpc) is 2.38. The molecule has 0 aromatic heterocycles. The van der Waals surface area contributed by atoms with Crippen molar-refractivity contribution >= 4 is 5.97 Å². The van der Waals surface area contributed by atoms with E-state index in [4.69, 9.17) is 15.2 Å². The van der Waals surface area contributed by atoms with Crippen molar-refractivity contribution < 1.29 is 14.3 Å². The molecule has 0 radical (unpaired) electrons. The van der Waals surface area contributed by atoms with Gasteiger partial charge >= 0.3 is 5.97 Å². The lowest BCUT2D eigenvalue weighted by atomic mass is 10.1. The Bertz CT molecular complexity index is 249. The highest BCUT2D eigenvalue weighted by Crippen LogP contribution is 2.10. The van der Waals surface area contributed by atoms with E-state index in [1.54, 1.807) is 0 Å². The first-order valence-corrected chi connectivity index (χ1v) is 8.45. The third-order valence-corrected chi connectivity index (χ3v) is 3.08. The van der Waals surface area contributed by atoms with Crippen LogP contribution in [0.3, 0.4) is 0 Å². The van der Waals surface area contributed by atoms with E-state index in [0.717, 1.165) is 51.9 Å². The summed E-state index contributed by atoms with van der Waals surface area (Å²) >= 11 is 0. The summed E-state index contributed by atoms with van der Waals surface area (Å²) in [6, 6.07) is 0. The lowest BCUT2D eigenvalue weighted by Gasteiger charge is -2.19. The van der Waals surface area contributed by atoms with Gasteiger partial charge in [0.05, 0.1) is 0 Å². The Kier molecular flexibility index (Phi) is 12.7. The molecule has 4 nitrogen and oxygen atoms in total. The monoisotopic (exact) mass is 301 g/mol. The summed E-state index contributed by atoms with van der Waals surface area (Å²) in [5.41, 5.74) is 5.07. The minimum Gasteiger partial charge on any atom is -0.460 e. The third-order valence-electron chi connectivity index (χ3n) is 3.08. The first-order chi connectivity index (χ1) is 9.95. The van der Waals surface area contributed by atoms with Crippen LogP contribution in [0.5, 0.6) is 0 Å². The molecule has 0 aliphatic heterocycles. The SMILES string of the molecule is CC(C)(C)OC(=O)CCCCCOCCCCCCCN. The van der Waals surface area contributed by atoms with Crippen molar-refractivity contribution in [2.24, 2.45) is 5.73 Å². The van der Waals surface area contributed by atoms with E-state index >= 15 is 0 Å². The standard InChI is InChI=1S/C17H35NO3/c1-17(2,3)21-16(19)12-8-7-11-15-20-14-10-6-4-5-9-13-18/h4-15,18H2,1-3H3. The topological polar surface area (TPSA) is 61.5 Å². The van der Waals surface area contributed by atoms with E-state index in [-0.39, 0.29) is 11.6 Å². The van der Waals surface area contributed by atoms with Crippen molar-refractivity contribution in [3.63, 3.8) is 0 Å². The lowest BCUT2D eigenvalue weighted by molar-refractivity contribution is -0.154. The molecule has 21 heavy (non-hydrogen) atoms.